The molecule has 1 aliphatic heterocycles. The van der Waals surface area contributed by atoms with Crippen LogP contribution in [0, 0.1) is 11.8 Å². The zero-order chi connectivity index (χ0) is 14.5. The lowest BCUT2D eigenvalue weighted by Crippen LogP contribution is -2.49. The van der Waals surface area contributed by atoms with Gasteiger partial charge in [-0.15, -0.1) is 0 Å². The van der Waals surface area contributed by atoms with Crippen molar-refractivity contribution in [3.8, 4) is 0 Å². The molecule has 2 fully saturated rings. The van der Waals surface area contributed by atoms with Gasteiger partial charge in [0.1, 0.15) is 0 Å². The Hall–Kier alpha value is -1.26. The molecule has 0 spiro atoms. The van der Waals surface area contributed by atoms with Crippen LogP contribution in [0.3, 0.4) is 0 Å². The van der Waals surface area contributed by atoms with E-state index in [0.717, 1.165) is 38.3 Å². The van der Waals surface area contributed by atoms with Crippen LogP contribution >= 0.6 is 0 Å². The largest absolute Gasteiger partial charge is 0.481 e. The van der Waals surface area contributed by atoms with Crippen molar-refractivity contribution in [1.29, 1.82) is 0 Å². The third kappa shape index (κ3) is 4.39. The van der Waals surface area contributed by atoms with Crippen LogP contribution < -0.4 is 5.32 Å². The van der Waals surface area contributed by atoms with Gasteiger partial charge in [-0.2, -0.15) is 0 Å². The van der Waals surface area contributed by atoms with Crippen LogP contribution in [0.4, 0.5) is 4.79 Å². The number of carbonyl (C=O) groups excluding carboxylic acids is 1. The summed E-state index contributed by atoms with van der Waals surface area (Å²) >= 11 is 0. The van der Waals surface area contributed by atoms with Crippen molar-refractivity contribution in [1.82, 2.24) is 10.2 Å². The van der Waals surface area contributed by atoms with Crippen LogP contribution in [0.25, 0.3) is 0 Å². The Balaban J connectivity index is 1.79. The molecule has 0 radical (unpaired) electrons. The Morgan fingerprint density at radius 2 is 2.05 bits per heavy atom. The Kier molecular flexibility index (Phi) is 5.26. The second kappa shape index (κ2) is 6.95. The molecule has 0 aromatic carbocycles. The molecule has 2 rings (SSSR count). The number of carboxylic acid groups (broad SMARTS) is 1. The highest BCUT2D eigenvalue weighted by molar-refractivity contribution is 5.74. The molecule has 0 aromatic heterocycles. The van der Waals surface area contributed by atoms with E-state index in [2.05, 4.69) is 12.2 Å². The van der Waals surface area contributed by atoms with Crippen molar-refractivity contribution in [2.75, 3.05) is 13.1 Å². The molecule has 2 N–H and O–H groups in total. The van der Waals surface area contributed by atoms with Gasteiger partial charge in [-0.25, -0.2) is 4.79 Å². The molecule has 1 saturated carbocycles. The van der Waals surface area contributed by atoms with E-state index in [-0.39, 0.29) is 18.5 Å². The van der Waals surface area contributed by atoms with E-state index in [1.54, 1.807) is 0 Å². The summed E-state index contributed by atoms with van der Waals surface area (Å²) in [6.45, 7) is 3.69. The van der Waals surface area contributed by atoms with E-state index in [1.165, 1.54) is 12.8 Å². The fourth-order valence-corrected chi connectivity index (χ4v) is 3.04. The number of carboxylic acids is 1. The number of aliphatic carboxylic acids is 1. The summed E-state index contributed by atoms with van der Waals surface area (Å²) in [7, 11) is 0. The Morgan fingerprint density at radius 1 is 1.30 bits per heavy atom. The van der Waals surface area contributed by atoms with E-state index in [0.29, 0.717) is 12.3 Å². The fraction of sp³-hybridized carbons (Fsp3) is 0.867. The van der Waals surface area contributed by atoms with Gasteiger partial charge in [0, 0.05) is 25.6 Å². The molecular weight excluding hydrogens is 256 g/mol. The molecule has 5 nitrogen and oxygen atoms in total. The highest BCUT2D eigenvalue weighted by atomic mass is 16.4. The van der Waals surface area contributed by atoms with Crippen LogP contribution in [0.15, 0.2) is 0 Å². The number of amides is 2. The van der Waals surface area contributed by atoms with E-state index in [9.17, 15) is 9.59 Å². The van der Waals surface area contributed by atoms with Crippen LogP contribution in [0.2, 0.25) is 0 Å². The summed E-state index contributed by atoms with van der Waals surface area (Å²) < 4.78 is 0. The molecule has 5 heteroatoms. The minimum absolute atomic E-state index is 0.00686. The molecule has 2 amide bonds. The first-order chi connectivity index (χ1) is 9.58. The van der Waals surface area contributed by atoms with E-state index in [1.807, 2.05) is 4.90 Å². The first-order valence-corrected chi connectivity index (χ1v) is 7.84. The van der Waals surface area contributed by atoms with E-state index < -0.39 is 5.97 Å². The smallest absolute Gasteiger partial charge is 0.317 e. The minimum atomic E-state index is -0.779. The number of rotatable bonds is 6. The van der Waals surface area contributed by atoms with Crippen molar-refractivity contribution >= 4 is 12.0 Å². The van der Waals surface area contributed by atoms with Crippen molar-refractivity contribution < 1.29 is 14.7 Å². The Bertz CT molecular complexity index is 355. The summed E-state index contributed by atoms with van der Waals surface area (Å²) in [5.41, 5.74) is 0. The number of nitrogens with zero attached hydrogens (tertiary/aromatic N) is 1. The van der Waals surface area contributed by atoms with Gasteiger partial charge in [0.2, 0.25) is 0 Å². The van der Waals surface area contributed by atoms with Crippen molar-refractivity contribution in [3.05, 3.63) is 0 Å². The third-order valence-corrected chi connectivity index (χ3v) is 4.58. The maximum Gasteiger partial charge on any atom is 0.317 e. The van der Waals surface area contributed by atoms with Crippen LogP contribution in [-0.4, -0.2) is 41.1 Å². The molecule has 2 aliphatic rings. The summed E-state index contributed by atoms with van der Waals surface area (Å²) in [4.78, 5) is 24.8. The third-order valence-electron chi connectivity index (χ3n) is 4.58. The summed E-state index contributed by atoms with van der Waals surface area (Å²) in [5, 5.41) is 11.8. The highest BCUT2D eigenvalue weighted by Gasteiger charge is 2.30. The predicted octanol–water partition coefficient (Wildman–Crippen LogP) is 2.46. The monoisotopic (exact) mass is 282 g/mol. The average Bonchev–Trinajstić information content (AvgIpc) is 3.27. The summed E-state index contributed by atoms with van der Waals surface area (Å²) in [6.07, 6.45) is 6.35. The number of urea groups is 1. The Morgan fingerprint density at radius 3 is 2.70 bits per heavy atom. The van der Waals surface area contributed by atoms with Crippen LogP contribution in [0.1, 0.15) is 51.9 Å². The number of likely N-dealkylation sites (tertiary alicyclic amines) is 1. The summed E-state index contributed by atoms with van der Waals surface area (Å²) in [5.74, 6) is 0.568. The number of nitrogens with one attached hydrogen (secondary N) is 1. The summed E-state index contributed by atoms with van der Waals surface area (Å²) in [6, 6.07) is 0.0867. The molecule has 0 bridgehead atoms. The van der Waals surface area contributed by atoms with Gasteiger partial charge >= 0.3 is 12.0 Å². The predicted molar refractivity (Wildman–Crippen MR) is 76.5 cm³/mol. The topological polar surface area (TPSA) is 69.6 Å². The van der Waals surface area contributed by atoms with E-state index >= 15 is 0 Å². The standard InChI is InChI=1S/C15H26N2O3/c1-11(12-5-6-12)10-16-15(20)17-9-3-2-4-13(17)7-8-14(18)19/h11-13H,2-10H2,1H3,(H,16,20)(H,18,19). The molecule has 0 aromatic rings. The van der Waals surface area contributed by atoms with Gasteiger partial charge < -0.3 is 15.3 Å². The average molecular weight is 282 g/mol. The zero-order valence-corrected chi connectivity index (χ0v) is 12.3. The first kappa shape index (κ1) is 15.1. The molecule has 2 unspecified atom stereocenters. The second-order valence-corrected chi connectivity index (χ2v) is 6.28. The molecule has 1 saturated heterocycles. The molecule has 1 aliphatic carbocycles. The van der Waals surface area contributed by atoms with Gasteiger partial charge in [0.25, 0.3) is 0 Å². The van der Waals surface area contributed by atoms with Crippen LogP contribution in [-0.2, 0) is 4.79 Å². The molecule has 1 heterocycles. The van der Waals surface area contributed by atoms with Gasteiger partial charge in [0.05, 0.1) is 0 Å². The van der Waals surface area contributed by atoms with Crippen LogP contribution in [0.5, 0.6) is 0 Å². The van der Waals surface area contributed by atoms with Gasteiger partial charge in [-0.1, -0.05) is 6.92 Å². The second-order valence-electron chi connectivity index (χ2n) is 6.28. The lowest BCUT2D eigenvalue weighted by atomic mass is 9.98. The van der Waals surface area contributed by atoms with Crippen molar-refractivity contribution in [3.63, 3.8) is 0 Å². The van der Waals surface area contributed by atoms with Gasteiger partial charge in [0.15, 0.2) is 0 Å². The SMILES string of the molecule is CC(CNC(=O)N1CCCCC1CCC(=O)O)C1CC1. The fourth-order valence-electron chi connectivity index (χ4n) is 3.04. The maximum absolute atomic E-state index is 12.3. The molecular formula is C15H26N2O3. The zero-order valence-electron chi connectivity index (χ0n) is 12.3. The number of hydrogen-bond donors (Lipinski definition) is 2. The number of carbonyl (C=O) groups is 2. The van der Waals surface area contributed by atoms with Gasteiger partial charge in [-0.05, 0) is 50.4 Å². The molecule has 20 heavy (non-hydrogen) atoms. The van der Waals surface area contributed by atoms with E-state index in [4.69, 9.17) is 5.11 Å². The molecule has 2 atom stereocenters. The minimum Gasteiger partial charge on any atom is -0.481 e. The first-order valence-electron chi connectivity index (χ1n) is 7.84. The number of hydrogen-bond acceptors (Lipinski definition) is 2. The Labute approximate surface area is 120 Å². The maximum atomic E-state index is 12.3. The lowest BCUT2D eigenvalue weighted by molar-refractivity contribution is -0.137. The normalized spacial score (nSPS) is 24.2. The van der Waals surface area contributed by atoms with Gasteiger partial charge in [-0.3, -0.25) is 4.79 Å². The molecule has 114 valence electrons. The quantitative estimate of drug-likeness (QED) is 0.786. The lowest BCUT2D eigenvalue weighted by Gasteiger charge is -2.35. The van der Waals surface area contributed by atoms with Crippen molar-refractivity contribution in [2.45, 2.75) is 57.9 Å². The van der Waals surface area contributed by atoms with Crippen molar-refractivity contribution in [2.24, 2.45) is 11.8 Å². The highest BCUT2D eigenvalue weighted by Crippen LogP contribution is 2.36. The number of piperidine rings is 1.